The van der Waals surface area contributed by atoms with Crippen molar-refractivity contribution in [2.45, 2.75) is 25.7 Å². The Labute approximate surface area is 106 Å². The molecule has 0 saturated carbocycles. The molecule has 0 spiro atoms. The van der Waals surface area contributed by atoms with E-state index in [2.05, 4.69) is 33.2 Å². The van der Waals surface area contributed by atoms with Crippen molar-refractivity contribution in [1.82, 2.24) is 0 Å². The van der Waals surface area contributed by atoms with E-state index in [1.54, 1.807) is 0 Å². The standard InChI is InChI=1S/C12H16N2O4/c13-11(15)17-9-7-5-3-1-2-4-6-8-10-18-12(14)16/h5-10H2,(H2,13,15)(H2,14,16). The summed E-state index contributed by atoms with van der Waals surface area (Å²) in [6.45, 7) is 0.532. The van der Waals surface area contributed by atoms with Crippen molar-refractivity contribution >= 4 is 12.2 Å². The summed E-state index contributed by atoms with van der Waals surface area (Å²) in [5.74, 6) is 10.9. The number of hydrogen-bond donors (Lipinski definition) is 2. The molecular formula is C12H16N2O4. The van der Waals surface area contributed by atoms with Gasteiger partial charge >= 0.3 is 12.2 Å². The summed E-state index contributed by atoms with van der Waals surface area (Å²) >= 11 is 0. The molecule has 6 heteroatoms. The Kier molecular flexibility index (Phi) is 9.70. The Morgan fingerprint density at radius 1 is 0.833 bits per heavy atom. The zero-order chi connectivity index (χ0) is 13.6. The van der Waals surface area contributed by atoms with E-state index < -0.39 is 12.2 Å². The average molecular weight is 252 g/mol. The van der Waals surface area contributed by atoms with Crippen LogP contribution in [0.15, 0.2) is 0 Å². The fourth-order valence-electron chi connectivity index (χ4n) is 0.880. The summed E-state index contributed by atoms with van der Waals surface area (Å²) in [5, 5.41) is 0. The smallest absolute Gasteiger partial charge is 0.404 e. The van der Waals surface area contributed by atoms with Crippen LogP contribution in [0.4, 0.5) is 9.59 Å². The number of nitrogens with two attached hydrogens (primary N) is 2. The van der Waals surface area contributed by atoms with Crippen molar-refractivity contribution in [2.75, 3.05) is 13.2 Å². The lowest BCUT2D eigenvalue weighted by atomic mass is 10.3. The molecule has 0 atom stereocenters. The lowest BCUT2D eigenvalue weighted by Gasteiger charge is -1.96. The van der Waals surface area contributed by atoms with Gasteiger partial charge in [-0.2, -0.15) is 0 Å². The Morgan fingerprint density at radius 3 is 1.56 bits per heavy atom. The van der Waals surface area contributed by atoms with E-state index in [0.29, 0.717) is 25.7 Å². The summed E-state index contributed by atoms with van der Waals surface area (Å²) < 4.78 is 9.03. The van der Waals surface area contributed by atoms with Crippen LogP contribution in [-0.4, -0.2) is 25.4 Å². The molecule has 2 amide bonds. The Morgan fingerprint density at radius 2 is 1.22 bits per heavy atom. The number of amides is 2. The SMILES string of the molecule is NC(=O)OCCCC#CC#CCCCOC(N)=O. The predicted octanol–water partition coefficient (Wildman–Crippen LogP) is 0.744. The highest BCUT2D eigenvalue weighted by Gasteiger charge is 1.91. The first-order valence-corrected chi connectivity index (χ1v) is 5.43. The van der Waals surface area contributed by atoms with Gasteiger partial charge in [-0.3, -0.25) is 0 Å². The van der Waals surface area contributed by atoms with E-state index in [1.165, 1.54) is 0 Å². The van der Waals surface area contributed by atoms with E-state index in [1.807, 2.05) is 0 Å². The van der Waals surface area contributed by atoms with E-state index in [9.17, 15) is 9.59 Å². The lowest BCUT2D eigenvalue weighted by molar-refractivity contribution is 0.155. The molecule has 0 saturated heterocycles. The molecule has 4 N–H and O–H groups in total. The topological polar surface area (TPSA) is 105 Å². The van der Waals surface area contributed by atoms with Crippen molar-refractivity contribution in [3.05, 3.63) is 0 Å². The third-order valence-electron chi connectivity index (χ3n) is 1.62. The number of unbranched alkanes of at least 4 members (excludes halogenated alkanes) is 2. The van der Waals surface area contributed by atoms with Gasteiger partial charge in [0.05, 0.1) is 13.2 Å². The fourth-order valence-corrected chi connectivity index (χ4v) is 0.880. The normalized spacial score (nSPS) is 8.22. The monoisotopic (exact) mass is 252 g/mol. The van der Waals surface area contributed by atoms with Crippen LogP contribution in [-0.2, 0) is 9.47 Å². The number of carbonyl (C=O) groups is 2. The molecule has 0 rings (SSSR count). The molecule has 0 unspecified atom stereocenters. The van der Waals surface area contributed by atoms with Gasteiger partial charge in [0.1, 0.15) is 0 Å². The van der Waals surface area contributed by atoms with Crippen molar-refractivity contribution in [1.29, 1.82) is 0 Å². The van der Waals surface area contributed by atoms with Crippen LogP contribution in [0.3, 0.4) is 0 Å². The van der Waals surface area contributed by atoms with E-state index in [4.69, 9.17) is 11.5 Å². The second-order valence-corrected chi connectivity index (χ2v) is 3.15. The van der Waals surface area contributed by atoms with Gasteiger partial charge in [0.2, 0.25) is 0 Å². The van der Waals surface area contributed by atoms with Gasteiger partial charge in [-0.25, -0.2) is 9.59 Å². The molecule has 0 aliphatic carbocycles. The minimum atomic E-state index is -0.777. The number of hydrogen-bond acceptors (Lipinski definition) is 4. The number of ether oxygens (including phenoxy) is 2. The van der Waals surface area contributed by atoms with Gasteiger partial charge in [-0.15, -0.1) is 0 Å². The second kappa shape index (κ2) is 11.2. The number of carbonyl (C=O) groups excluding carboxylic acids is 2. The van der Waals surface area contributed by atoms with Crippen molar-refractivity contribution < 1.29 is 19.1 Å². The highest BCUT2D eigenvalue weighted by Crippen LogP contribution is 1.88. The maximum Gasteiger partial charge on any atom is 0.404 e. The van der Waals surface area contributed by atoms with E-state index in [0.717, 1.165) is 0 Å². The lowest BCUT2D eigenvalue weighted by Crippen LogP contribution is -2.13. The first kappa shape index (κ1) is 15.7. The fraction of sp³-hybridized carbons (Fsp3) is 0.500. The molecule has 18 heavy (non-hydrogen) atoms. The summed E-state index contributed by atoms with van der Waals surface area (Å²) in [6.07, 6.45) is 0.884. The summed E-state index contributed by atoms with van der Waals surface area (Å²) in [7, 11) is 0. The van der Waals surface area contributed by atoms with Crippen LogP contribution in [0.5, 0.6) is 0 Å². The van der Waals surface area contributed by atoms with Gasteiger partial charge in [-0.05, 0) is 24.7 Å². The predicted molar refractivity (Wildman–Crippen MR) is 65.1 cm³/mol. The zero-order valence-electron chi connectivity index (χ0n) is 10.0. The Balaban J connectivity index is 3.42. The zero-order valence-corrected chi connectivity index (χ0v) is 10.0. The highest BCUT2D eigenvalue weighted by atomic mass is 16.5. The van der Waals surface area contributed by atoms with Crippen LogP contribution in [0.25, 0.3) is 0 Å². The molecule has 0 fully saturated rings. The minimum Gasteiger partial charge on any atom is -0.450 e. The first-order valence-electron chi connectivity index (χ1n) is 5.43. The highest BCUT2D eigenvalue weighted by molar-refractivity contribution is 5.64. The average Bonchev–Trinajstić information content (AvgIpc) is 2.29. The van der Waals surface area contributed by atoms with Crippen LogP contribution in [0.2, 0.25) is 0 Å². The van der Waals surface area contributed by atoms with Crippen molar-refractivity contribution in [3.8, 4) is 23.7 Å². The van der Waals surface area contributed by atoms with E-state index >= 15 is 0 Å². The van der Waals surface area contributed by atoms with Gasteiger partial charge in [0.25, 0.3) is 0 Å². The molecular weight excluding hydrogens is 236 g/mol. The van der Waals surface area contributed by atoms with E-state index in [-0.39, 0.29) is 13.2 Å². The maximum absolute atomic E-state index is 10.2. The van der Waals surface area contributed by atoms with Crippen LogP contribution in [0.1, 0.15) is 25.7 Å². The quantitative estimate of drug-likeness (QED) is 0.537. The number of primary amides is 2. The second-order valence-electron chi connectivity index (χ2n) is 3.15. The molecule has 98 valence electrons. The molecule has 0 aliphatic heterocycles. The van der Waals surface area contributed by atoms with Gasteiger partial charge in [0, 0.05) is 12.8 Å². The Hall–Kier alpha value is -2.34. The molecule has 0 bridgehead atoms. The number of rotatable bonds is 6. The van der Waals surface area contributed by atoms with Crippen molar-refractivity contribution in [3.63, 3.8) is 0 Å². The molecule has 0 aromatic carbocycles. The summed E-state index contributed by atoms with van der Waals surface area (Å²) in [6, 6.07) is 0. The van der Waals surface area contributed by atoms with Crippen LogP contribution < -0.4 is 11.5 Å². The minimum absolute atomic E-state index is 0.266. The maximum atomic E-state index is 10.2. The van der Waals surface area contributed by atoms with Crippen LogP contribution >= 0.6 is 0 Å². The summed E-state index contributed by atoms with van der Waals surface area (Å²) in [4.78, 5) is 20.4. The van der Waals surface area contributed by atoms with Crippen molar-refractivity contribution in [2.24, 2.45) is 11.5 Å². The molecule has 0 aromatic rings. The first-order chi connectivity index (χ1) is 8.63. The van der Waals surface area contributed by atoms with Gasteiger partial charge in [-0.1, -0.05) is 11.8 Å². The summed E-state index contributed by atoms with van der Waals surface area (Å²) in [5.41, 5.74) is 9.55. The molecule has 0 aromatic heterocycles. The molecule has 0 aliphatic rings. The van der Waals surface area contributed by atoms with Gasteiger partial charge in [0.15, 0.2) is 0 Å². The molecule has 0 heterocycles. The van der Waals surface area contributed by atoms with Crippen LogP contribution in [0, 0.1) is 23.7 Å². The third-order valence-corrected chi connectivity index (χ3v) is 1.62. The molecule has 6 nitrogen and oxygen atoms in total. The third kappa shape index (κ3) is 13.7. The largest absolute Gasteiger partial charge is 0.450 e. The molecule has 0 radical (unpaired) electrons. The van der Waals surface area contributed by atoms with Gasteiger partial charge < -0.3 is 20.9 Å². The Bertz CT molecular complexity index is 346.